The van der Waals surface area contributed by atoms with Gasteiger partial charge in [0.05, 0.1) is 12.2 Å². The first-order valence-electron chi connectivity index (χ1n) is 8.60. The quantitative estimate of drug-likeness (QED) is 0.729. The summed E-state index contributed by atoms with van der Waals surface area (Å²) in [7, 11) is 0. The lowest BCUT2D eigenvalue weighted by Gasteiger charge is -2.14. The number of nitrogens with one attached hydrogen (secondary N) is 2. The molecule has 2 N–H and O–H groups in total. The van der Waals surface area contributed by atoms with Gasteiger partial charge in [0.1, 0.15) is 0 Å². The second-order valence-electron chi connectivity index (χ2n) is 6.24. The normalized spacial score (nSPS) is 11.7. The van der Waals surface area contributed by atoms with E-state index in [0.717, 1.165) is 17.1 Å². The van der Waals surface area contributed by atoms with E-state index in [-0.39, 0.29) is 17.9 Å². The number of nitrogens with zero attached hydrogens (tertiary/aromatic N) is 3. The van der Waals surface area contributed by atoms with Crippen LogP contribution in [0.3, 0.4) is 0 Å². The average Bonchev–Trinajstić information content (AvgIpc) is 3.03. The molecule has 2 heterocycles. The highest BCUT2D eigenvalue weighted by atomic mass is 16.2. The zero-order valence-electron chi connectivity index (χ0n) is 15.4. The fourth-order valence-corrected chi connectivity index (χ4v) is 2.86. The zero-order chi connectivity index (χ0) is 19.4. The van der Waals surface area contributed by atoms with Gasteiger partial charge in [-0.3, -0.25) is 9.59 Å². The van der Waals surface area contributed by atoms with Crippen LogP contribution in [-0.2, 0) is 4.79 Å². The van der Waals surface area contributed by atoms with E-state index in [1.54, 1.807) is 41.3 Å². The predicted octanol–water partition coefficient (Wildman–Crippen LogP) is 3.03. The van der Waals surface area contributed by atoms with Crippen molar-refractivity contribution in [2.45, 2.75) is 26.8 Å². The molecule has 3 aromatic rings. The molecule has 1 atom stereocenters. The molecule has 0 unspecified atom stereocenters. The number of pyridine rings is 1. The second-order valence-corrected chi connectivity index (χ2v) is 6.24. The summed E-state index contributed by atoms with van der Waals surface area (Å²) in [6.45, 7) is 5.27. The maximum atomic E-state index is 12.6. The van der Waals surface area contributed by atoms with Crippen molar-refractivity contribution in [2.75, 3.05) is 5.32 Å². The predicted molar refractivity (Wildman–Crippen MR) is 103 cm³/mol. The Morgan fingerprint density at radius 2 is 1.96 bits per heavy atom. The maximum absolute atomic E-state index is 12.6. The lowest BCUT2D eigenvalue weighted by molar-refractivity contribution is -0.114. The van der Waals surface area contributed by atoms with Crippen molar-refractivity contribution >= 4 is 17.5 Å². The molecule has 0 saturated carbocycles. The van der Waals surface area contributed by atoms with Gasteiger partial charge in [-0.25, -0.2) is 9.67 Å². The van der Waals surface area contributed by atoms with Crippen LogP contribution in [0.25, 0.3) is 5.82 Å². The fraction of sp³-hybridized carbons (Fsp3) is 0.200. The van der Waals surface area contributed by atoms with Crippen LogP contribution in [0.4, 0.5) is 5.69 Å². The Balaban J connectivity index is 1.76. The van der Waals surface area contributed by atoms with Gasteiger partial charge in [-0.1, -0.05) is 12.1 Å². The van der Waals surface area contributed by atoms with Crippen LogP contribution < -0.4 is 10.6 Å². The van der Waals surface area contributed by atoms with Crippen molar-refractivity contribution in [3.05, 3.63) is 71.7 Å². The Morgan fingerprint density at radius 3 is 2.67 bits per heavy atom. The third kappa shape index (κ3) is 4.20. The molecule has 0 aliphatic carbocycles. The Morgan fingerprint density at radius 1 is 1.15 bits per heavy atom. The number of hydrogen-bond donors (Lipinski definition) is 2. The number of carbonyl (C=O) groups is 2. The van der Waals surface area contributed by atoms with Crippen LogP contribution in [0.1, 0.15) is 41.5 Å². The van der Waals surface area contributed by atoms with Crippen LogP contribution in [0.5, 0.6) is 0 Å². The number of rotatable bonds is 5. The highest BCUT2D eigenvalue weighted by molar-refractivity contribution is 5.97. The molecule has 0 fully saturated rings. The Bertz CT molecular complexity index is 966. The summed E-state index contributed by atoms with van der Waals surface area (Å²) in [5.74, 6) is 0.320. The van der Waals surface area contributed by atoms with Gasteiger partial charge in [-0.2, -0.15) is 5.10 Å². The smallest absolute Gasteiger partial charge is 0.251 e. The van der Waals surface area contributed by atoms with Crippen LogP contribution >= 0.6 is 0 Å². The van der Waals surface area contributed by atoms with Gasteiger partial charge in [0, 0.05) is 35.6 Å². The van der Waals surface area contributed by atoms with Crippen molar-refractivity contribution in [2.24, 2.45) is 0 Å². The molecule has 7 heteroatoms. The Labute approximate surface area is 157 Å². The number of carbonyl (C=O) groups excluding carboxylic acids is 2. The third-order valence-electron chi connectivity index (χ3n) is 4.17. The molecule has 1 aromatic carbocycles. The minimum Gasteiger partial charge on any atom is -0.345 e. The molecule has 138 valence electrons. The van der Waals surface area contributed by atoms with Gasteiger partial charge in [0.25, 0.3) is 5.91 Å². The molecule has 0 spiro atoms. The molecular weight excluding hydrogens is 342 g/mol. The van der Waals surface area contributed by atoms with Crippen molar-refractivity contribution in [1.82, 2.24) is 20.1 Å². The van der Waals surface area contributed by atoms with Gasteiger partial charge in [0.15, 0.2) is 5.82 Å². The van der Waals surface area contributed by atoms with E-state index >= 15 is 0 Å². The number of aromatic nitrogens is 3. The van der Waals surface area contributed by atoms with Crippen molar-refractivity contribution in [3.8, 4) is 5.82 Å². The summed E-state index contributed by atoms with van der Waals surface area (Å²) in [5.41, 5.74) is 2.88. The van der Waals surface area contributed by atoms with Crippen LogP contribution in [-0.4, -0.2) is 26.6 Å². The molecule has 0 radical (unpaired) electrons. The zero-order valence-corrected chi connectivity index (χ0v) is 15.4. The summed E-state index contributed by atoms with van der Waals surface area (Å²) in [4.78, 5) is 28.1. The first kappa shape index (κ1) is 18.3. The largest absolute Gasteiger partial charge is 0.345 e. The van der Waals surface area contributed by atoms with Crippen molar-refractivity contribution < 1.29 is 9.59 Å². The average molecular weight is 363 g/mol. The SMILES string of the molecule is CC(=O)Nc1cccc(C(=O)N[C@H](C)c2cnn(-c3ccccn3)c2C)c1. The minimum absolute atomic E-state index is 0.182. The molecule has 0 aliphatic rings. The monoisotopic (exact) mass is 363 g/mol. The molecule has 0 bridgehead atoms. The van der Waals surface area contributed by atoms with Gasteiger partial charge < -0.3 is 10.6 Å². The Hall–Kier alpha value is -3.48. The number of hydrogen-bond acceptors (Lipinski definition) is 4. The molecule has 27 heavy (non-hydrogen) atoms. The second kappa shape index (κ2) is 7.82. The summed E-state index contributed by atoms with van der Waals surface area (Å²) in [6.07, 6.45) is 3.45. The van der Waals surface area contributed by atoms with E-state index in [9.17, 15) is 9.59 Å². The van der Waals surface area contributed by atoms with E-state index in [4.69, 9.17) is 0 Å². The lowest BCUT2D eigenvalue weighted by Crippen LogP contribution is -2.27. The molecule has 0 saturated heterocycles. The fourth-order valence-electron chi connectivity index (χ4n) is 2.86. The third-order valence-corrected chi connectivity index (χ3v) is 4.17. The van der Waals surface area contributed by atoms with Crippen LogP contribution in [0.15, 0.2) is 54.9 Å². The molecule has 3 rings (SSSR count). The maximum Gasteiger partial charge on any atom is 0.251 e. The van der Waals surface area contributed by atoms with Crippen molar-refractivity contribution in [3.63, 3.8) is 0 Å². The van der Waals surface area contributed by atoms with Crippen molar-refractivity contribution in [1.29, 1.82) is 0 Å². The summed E-state index contributed by atoms with van der Waals surface area (Å²) >= 11 is 0. The van der Waals surface area contributed by atoms with Gasteiger partial charge in [-0.15, -0.1) is 0 Å². The van der Waals surface area contributed by atoms with Gasteiger partial charge >= 0.3 is 0 Å². The van der Waals surface area contributed by atoms with Crippen LogP contribution in [0, 0.1) is 6.92 Å². The van der Waals surface area contributed by atoms with E-state index in [1.165, 1.54) is 6.92 Å². The summed E-state index contributed by atoms with van der Waals surface area (Å²) in [5, 5.41) is 10.0. The first-order chi connectivity index (χ1) is 13.0. The summed E-state index contributed by atoms with van der Waals surface area (Å²) < 4.78 is 1.75. The molecule has 2 amide bonds. The van der Waals surface area contributed by atoms with E-state index < -0.39 is 0 Å². The molecular formula is C20H21N5O2. The number of amides is 2. The van der Waals surface area contributed by atoms with E-state index in [0.29, 0.717) is 11.3 Å². The minimum atomic E-state index is -0.237. The Kier molecular flexibility index (Phi) is 5.30. The van der Waals surface area contributed by atoms with E-state index in [2.05, 4.69) is 20.7 Å². The van der Waals surface area contributed by atoms with Crippen LogP contribution in [0.2, 0.25) is 0 Å². The molecule has 2 aromatic heterocycles. The lowest BCUT2D eigenvalue weighted by atomic mass is 10.1. The topological polar surface area (TPSA) is 88.9 Å². The highest BCUT2D eigenvalue weighted by Gasteiger charge is 2.17. The standard InChI is InChI=1S/C20H21N5O2/c1-13(18-12-22-25(14(18)2)19-9-4-5-10-21-19)23-20(27)16-7-6-8-17(11-16)24-15(3)26/h4-13H,1-3H3,(H,23,27)(H,24,26)/t13-/m1/s1. The molecule has 7 nitrogen and oxygen atoms in total. The number of benzene rings is 1. The summed E-state index contributed by atoms with van der Waals surface area (Å²) in [6, 6.07) is 12.2. The number of anilines is 1. The first-order valence-corrected chi connectivity index (χ1v) is 8.60. The van der Waals surface area contributed by atoms with E-state index in [1.807, 2.05) is 32.0 Å². The van der Waals surface area contributed by atoms with Gasteiger partial charge in [0.2, 0.25) is 5.91 Å². The molecule has 0 aliphatic heterocycles. The van der Waals surface area contributed by atoms with Gasteiger partial charge in [-0.05, 0) is 44.2 Å². The highest BCUT2D eigenvalue weighted by Crippen LogP contribution is 2.20.